The molecule has 0 radical (unpaired) electrons. The van der Waals surface area contributed by atoms with Crippen LogP contribution in [-0.4, -0.2) is 43.9 Å². The molecule has 2 atom stereocenters. The van der Waals surface area contributed by atoms with Gasteiger partial charge in [0.05, 0.1) is 20.1 Å². The zero-order valence-corrected chi connectivity index (χ0v) is 14.5. The van der Waals surface area contributed by atoms with Gasteiger partial charge < -0.3 is 19.5 Å². The van der Waals surface area contributed by atoms with E-state index < -0.39 is 35.6 Å². The Morgan fingerprint density at radius 2 is 1.70 bits per heavy atom. The summed E-state index contributed by atoms with van der Waals surface area (Å²) in [4.78, 5) is 35.5. The van der Waals surface area contributed by atoms with Gasteiger partial charge in [0.25, 0.3) is 0 Å². The first-order chi connectivity index (χ1) is 10.6. The molecule has 0 fully saturated rings. The second-order valence-electron chi connectivity index (χ2n) is 6.04. The minimum absolute atomic E-state index is 0.0619. The molecule has 0 aliphatic rings. The van der Waals surface area contributed by atoms with Crippen molar-refractivity contribution in [3.63, 3.8) is 0 Å². The first-order valence-electron chi connectivity index (χ1n) is 7.40. The van der Waals surface area contributed by atoms with Crippen LogP contribution in [0.4, 0.5) is 4.79 Å². The molecule has 0 spiro atoms. The van der Waals surface area contributed by atoms with E-state index in [1.165, 1.54) is 14.2 Å². The van der Waals surface area contributed by atoms with Crippen molar-refractivity contribution in [1.29, 1.82) is 0 Å². The molecule has 7 nitrogen and oxygen atoms in total. The number of allylic oxidation sites excluding steroid dienone is 1. The second-order valence-corrected chi connectivity index (χ2v) is 6.04. The van der Waals surface area contributed by atoms with Crippen LogP contribution in [0.5, 0.6) is 0 Å². The summed E-state index contributed by atoms with van der Waals surface area (Å²) in [6.07, 6.45) is 2.02. The Labute approximate surface area is 137 Å². The van der Waals surface area contributed by atoms with Gasteiger partial charge >= 0.3 is 18.0 Å². The summed E-state index contributed by atoms with van der Waals surface area (Å²) >= 11 is 0. The Hall–Kier alpha value is -2.05. The van der Waals surface area contributed by atoms with E-state index in [0.717, 1.165) is 0 Å². The molecule has 1 amide bonds. The van der Waals surface area contributed by atoms with Crippen LogP contribution in [-0.2, 0) is 23.8 Å². The third-order valence-corrected chi connectivity index (χ3v) is 2.95. The fourth-order valence-electron chi connectivity index (χ4n) is 1.91. The maximum absolute atomic E-state index is 11.9. The average Bonchev–Trinajstić information content (AvgIpc) is 2.46. The molecule has 23 heavy (non-hydrogen) atoms. The molecule has 0 aromatic carbocycles. The van der Waals surface area contributed by atoms with E-state index in [2.05, 4.69) is 16.6 Å². The van der Waals surface area contributed by atoms with Gasteiger partial charge in [0.15, 0.2) is 0 Å². The SMILES string of the molecule is C=CCC[C@@H](C[C@H](NC(=O)OC(C)(C)C)C(=O)OC)C(=O)OC. The number of esters is 2. The fraction of sp³-hybridized carbons (Fsp3) is 0.688. The quantitative estimate of drug-likeness (QED) is 0.417. The molecule has 0 aromatic rings. The van der Waals surface area contributed by atoms with E-state index in [9.17, 15) is 14.4 Å². The highest BCUT2D eigenvalue weighted by atomic mass is 16.6. The van der Waals surface area contributed by atoms with Crippen molar-refractivity contribution >= 4 is 18.0 Å². The van der Waals surface area contributed by atoms with Gasteiger partial charge in [0.2, 0.25) is 0 Å². The number of hydrogen-bond donors (Lipinski definition) is 1. The first kappa shape index (κ1) is 20.9. The maximum Gasteiger partial charge on any atom is 0.408 e. The molecule has 0 saturated carbocycles. The molecule has 0 bridgehead atoms. The number of alkyl carbamates (subject to hydrolysis) is 1. The fourth-order valence-corrected chi connectivity index (χ4v) is 1.91. The number of amides is 1. The predicted octanol–water partition coefficient (Wildman–Crippen LogP) is 2.20. The first-order valence-corrected chi connectivity index (χ1v) is 7.40. The highest BCUT2D eigenvalue weighted by Crippen LogP contribution is 2.17. The van der Waals surface area contributed by atoms with Crippen LogP contribution in [0.3, 0.4) is 0 Å². The molecule has 132 valence electrons. The Balaban J connectivity index is 4.99. The van der Waals surface area contributed by atoms with Crippen molar-refractivity contribution in [2.45, 2.75) is 51.7 Å². The van der Waals surface area contributed by atoms with Crippen LogP contribution in [0.1, 0.15) is 40.0 Å². The lowest BCUT2D eigenvalue weighted by atomic mass is 9.95. The van der Waals surface area contributed by atoms with Gasteiger partial charge in [-0.2, -0.15) is 0 Å². The zero-order chi connectivity index (χ0) is 18.0. The molecule has 0 saturated heterocycles. The zero-order valence-electron chi connectivity index (χ0n) is 14.5. The Morgan fingerprint density at radius 1 is 1.13 bits per heavy atom. The summed E-state index contributed by atoms with van der Waals surface area (Å²) in [7, 11) is 2.49. The van der Waals surface area contributed by atoms with Crippen molar-refractivity contribution in [2.24, 2.45) is 5.92 Å². The average molecular weight is 329 g/mol. The van der Waals surface area contributed by atoms with E-state index in [4.69, 9.17) is 9.47 Å². The molecular weight excluding hydrogens is 302 g/mol. The van der Waals surface area contributed by atoms with Crippen LogP contribution in [0.2, 0.25) is 0 Å². The Bertz CT molecular complexity index is 427. The highest BCUT2D eigenvalue weighted by molar-refractivity contribution is 5.82. The lowest BCUT2D eigenvalue weighted by molar-refractivity contribution is -0.148. The van der Waals surface area contributed by atoms with Crippen molar-refractivity contribution in [3.05, 3.63) is 12.7 Å². The number of hydrogen-bond acceptors (Lipinski definition) is 6. The number of ether oxygens (including phenoxy) is 3. The standard InChI is InChI=1S/C16H27NO6/c1-7-8-9-11(13(18)21-5)10-12(14(19)22-6)17-15(20)23-16(2,3)4/h7,11-12H,1,8-10H2,2-6H3,(H,17,20)/t11-,12-/m0/s1. The molecule has 1 N–H and O–H groups in total. The number of rotatable bonds is 8. The van der Waals surface area contributed by atoms with Crippen LogP contribution in [0, 0.1) is 5.92 Å². The van der Waals surface area contributed by atoms with Gasteiger partial charge in [0.1, 0.15) is 11.6 Å². The molecule has 0 rings (SSSR count). The molecule has 0 aromatic heterocycles. The smallest absolute Gasteiger partial charge is 0.408 e. The maximum atomic E-state index is 11.9. The molecule has 0 unspecified atom stereocenters. The van der Waals surface area contributed by atoms with Gasteiger partial charge in [-0.25, -0.2) is 9.59 Å². The summed E-state index contributed by atoms with van der Waals surface area (Å²) in [5.74, 6) is -1.66. The van der Waals surface area contributed by atoms with E-state index in [-0.39, 0.29) is 6.42 Å². The van der Waals surface area contributed by atoms with Gasteiger partial charge in [-0.15, -0.1) is 6.58 Å². The topological polar surface area (TPSA) is 90.9 Å². The summed E-state index contributed by atoms with van der Waals surface area (Å²) < 4.78 is 14.5. The van der Waals surface area contributed by atoms with Crippen molar-refractivity contribution in [2.75, 3.05) is 14.2 Å². The minimum Gasteiger partial charge on any atom is -0.469 e. The summed E-state index contributed by atoms with van der Waals surface area (Å²) in [6, 6.07) is -0.997. The van der Waals surface area contributed by atoms with E-state index in [0.29, 0.717) is 12.8 Å². The summed E-state index contributed by atoms with van der Waals surface area (Å²) in [6.45, 7) is 8.73. The number of methoxy groups -OCH3 is 2. The third kappa shape index (κ3) is 8.85. The molecule has 7 heteroatoms. The Morgan fingerprint density at radius 3 is 2.13 bits per heavy atom. The largest absolute Gasteiger partial charge is 0.469 e. The van der Waals surface area contributed by atoms with E-state index in [1.807, 2.05) is 0 Å². The monoisotopic (exact) mass is 329 g/mol. The van der Waals surface area contributed by atoms with E-state index >= 15 is 0 Å². The minimum atomic E-state index is -0.997. The van der Waals surface area contributed by atoms with Gasteiger partial charge in [-0.1, -0.05) is 6.08 Å². The van der Waals surface area contributed by atoms with Crippen molar-refractivity contribution in [3.8, 4) is 0 Å². The third-order valence-electron chi connectivity index (χ3n) is 2.95. The molecule has 0 aliphatic carbocycles. The molecular formula is C16H27NO6. The second kappa shape index (κ2) is 9.86. The lowest BCUT2D eigenvalue weighted by Gasteiger charge is -2.24. The summed E-state index contributed by atoms with van der Waals surface area (Å²) in [5.41, 5.74) is -0.699. The predicted molar refractivity (Wildman–Crippen MR) is 84.7 cm³/mol. The number of carbonyl (C=O) groups excluding carboxylic acids is 3. The van der Waals surface area contributed by atoms with Crippen LogP contribution < -0.4 is 5.32 Å². The van der Waals surface area contributed by atoms with Gasteiger partial charge in [0, 0.05) is 0 Å². The van der Waals surface area contributed by atoms with Crippen molar-refractivity contribution < 1.29 is 28.6 Å². The molecule has 0 aliphatic heterocycles. The number of carbonyl (C=O) groups is 3. The number of nitrogens with one attached hydrogen (secondary N) is 1. The van der Waals surface area contributed by atoms with Crippen molar-refractivity contribution in [1.82, 2.24) is 5.32 Å². The normalized spacial score (nSPS) is 13.4. The van der Waals surface area contributed by atoms with Crippen LogP contribution >= 0.6 is 0 Å². The van der Waals surface area contributed by atoms with Crippen LogP contribution in [0.25, 0.3) is 0 Å². The lowest BCUT2D eigenvalue weighted by Crippen LogP contribution is -2.45. The Kier molecular flexibility index (Phi) is 8.98. The highest BCUT2D eigenvalue weighted by Gasteiger charge is 2.30. The van der Waals surface area contributed by atoms with Gasteiger partial charge in [-0.3, -0.25) is 4.79 Å². The van der Waals surface area contributed by atoms with Crippen LogP contribution in [0.15, 0.2) is 12.7 Å². The summed E-state index contributed by atoms with van der Waals surface area (Å²) in [5, 5.41) is 2.44. The molecule has 0 heterocycles. The van der Waals surface area contributed by atoms with E-state index in [1.54, 1.807) is 26.8 Å². The van der Waals surface area contributed by atoms with Gasteiger partial charge in [-0.05, 0) is 40.0 Å².